The molecule has 104 valence electrons. The maximum atomic E-state index is 6.09. The SMILES string of the molecule is CCCCc1nc(Cl)c(CNCc2cc(C)on2)[nH]1. The van der Waals surface area contributed by atoms with Crippen molar-refractivity contribution < 1.29 is 4.52 Å². The molecule has 0 aliphatic carbocycles. The van der Waals surface area contributed by atoms with Crippen LogP contribution in [0.1, 0.15) is 42.7 Å². The second-order valence-electron chi connectivity index (χ2n) is 4.59. The van der Waals surface area contributed by atoms with Gasteiger partial charge in [-0.2, -0.15) is 0 Å². The molecule has 0 aliphatic rings. The Morgan fingerprint density at radius 2 is 2.26 bits per heavy atom. The van der Waals surface area contributed by atoms with Crippen molar-refractivity contribution in [3.63, 3.8) is 0 Å². The second kappa shape index (κ2) is 6.73. The number of unbranched alkanes of at least 4 members (excludes halogenated alkanes) is 1. The molecule has 0 saturated heterocycles. The lowest BCUT2D eigenvalue weighted by molar-refractivity contribution is 0.388. The summed E-state index contributed by atoms with van der Waals surface area (Å²) in [7, 11) is 0. The Morgan fingerprint density at radius 3 is 2.95 bits per heavy atom. The Kier molecular flexibility index (Phi) is 4.99. The zero-order valence-corrected chi connectivity index (χ0v) is 12.0. The first kappa shape index (κ1) is 14.1. The summed E-state index contributed by atoms with van der Waals surface area (Å²) in [5, 5.41) is 7.73. The molecule has 19 heavy (non-hydrogen) atoms. The molecule has 0 aliphatic heterocycles. The van der Waals surface area contributed by atoms with Crippen molar-refractivity contribution in [1.82, 2.24) is 20.4 Å². The highest BCUT2D eigenvalue weighted by Gasteiger charge is 2.08. The molecule has 0 aromatic carbocycles. The summed E-state index contributed by atoms with van der Waals surface area (Å²) in [5.74, 6) is 1.78. The molecule has 6 heteroatoms. The number of aromatic nitrogens is 3. The smallest absolute Gasteiger partial charge is 0.151 e. The fraction of sp³-hybridized carbons (Fsp3) is 0.538. The van der Waals surface area contributed by atoms with Gasteiger partial charge < -0.3 is 14.8 Å². The van der Waals surface area contributed by atoms with Crippen molar-refractivity contribution in [2.75, 3.05) is 0 Å². The minimum atomic E-state index is 0.551. The van der Waals surface area contributed by atoms with Crippen LogP contribution in [0.25, 0.3) is 0 Å². The number of hydrogen-bond donors (Lipinski definition) is 2. The molecular formula is C13H19ClN4O. The maximum absolute atomic E-state index is 6.09. The molecule has 0 spiro atoms. The van der Waals surface area contributed by atoms with Crippen LogP contribution in [0, 0.1) is 6.92 Å². The number of nitrogens with one attached hydrogen (secondary N) is 2. The predicted octanol–water partition coefficient (Wildman–Crippen LogP) is 2.99. The summed E-state index contributed by atoms with van der Waals surface area (Å²) in [5.41, 5.74) is 1.81. The van der Waals surface area contributed by atoms with Crippen molar-refractivity contribution in [2.45, 2.75) is 46.2 Å². The lowest BCUT2D eigenvalue weighted by Gasteiger charge is -2.00. The lowest BCUT2D eigenvalue weighted by atomic mass is 10.2. The summed E-state index contributed by atoms with van der Waals surface area (Å²) in [4.78, 5) is 7.57. The van der Waals surface area contributed by atoms with Crippen molar-refractivity contribution in [3.05, 3.63) is 34.2 Å². The maximum Gasteiger partial charge on any atom is 0.151 e. The van der Waals surface area contributed by atoms with Crippen LogP contribution in [-0.2, 0) is 19.5 Å². The van der Waals surface area contributed by atoms with Gasteiger partial charge in [-0.1, -0.05) is 30.1 Å². The minimum absolute atomic E-state index is 0.551. The molecule has 0 atom stereocenters. The van der Waals surface area contributed by atoms with Crippen molar-refractivity contribution >= 4 is 11.6 Å². The molecule has 2 N–H and O–H groups in total. The third-order valence-corrected chi connectivity index (χ3v) is 3.14. The minimum Gasteiger partial charge on any atom is -0.361 e. The van der Waals surface area contributed by atoms with Crippen LogP contribution in [0.3, 0.4) is 0 Å². The van der Waals surface area contributed by atoms with Gasteiger partial charge in [-0.05, 0) is 13.3 Å². The van der Waals surface area contributed by atoms with E-state index in [1.807, 2.05) is 13.0 Å². The van der Waals surface area contributed by atoms with E-state index < -0.39 is 0 Å². The normalized spacial score (nSPS) is 11.1. The van der Waals surface area contributed by atoms with E-state index in [9.17, 15) is 0 Å². The van der Waals surface area contributed by atoms with E-state index in [0.717, 1.165) is 42.2 Å². The molecule has 5 nitrogen and oxygen atoms in total. The summed E-state index contributed by atoms with van der Waals surface area (Å²) in [6.45, 7) is 5.33. The fourth-order valence-corrected chi connectivity index (χ4v) is 2.05. The number of rotatable bonds is 7. The molecule has 0 radical (unpaired) electrons. The van der Waals surface area contributed by atoms with E-state index in [2.05, 4.69) is 27.4 Å². The summed E-state index contributed by atoms with van der Waals surface area (Å²) in [6.07, 6.45) is 3.21. The Morgan fingerprint density at radius 1 is 1.42 bits per heavy atom. The van der Waals surface area contributed by atoms with Crippen molar-refractivity contribution in [1.29, 1.82) is 0 Å². The number of aromatic amines is 1. The highest BCUT2D eigenvalue weighted by Crippen LogP contribution is 2.14. The third-order valence-electron chi connectivity index (χ3n) is 2.83. The quantitative estimate of drug-likeness (QED) is 0.819. The summed E-state index contributed by atoms with van der Waals surface area (Å²) in [6, 6.07) is 1.91. The average molecular weight is 283 g/mol. The Balaban J connectivity index is 1.83. The topological polar surface area (TPSA) is 66.7 Å². The first-order valence-electron chi connectivity index (χ1n) is 6.55. The van der Waals surface area contributed by atoms with Crippen LogP contribution in [-0.4, -0.2) is 15.1 Å². The highest BCUT2D eigenvalue weighted by atomic mass is 35.5. The van der Waals surface area contributed by atoms with Crippen LogP contribution in [0.4, 0.5) is 0 Å². The number of aryl methyl sites for hydroxylation is 2. The standard InChI is InChI=1S/C13H19ClN4O/c1-3-4-5-12-16-11(13(14)17-12)8-15-7-10-6-9(2)19-18-10/h6,15H,3-5,7-8H2,1-2H3,(H,16,17). The highest BCUT2D eigenvalue weighted by molar-refractivity contribution is 6.30. The van der Waals surface area contributed by atoms with Crippen LogP contribution < -0.4 is 5.32 Å². The molecular weight excluding hydrogens is 264 g/mol. The van der Waals surface area contributed by atoms with Gasteiger partial charge in [0.25, 0.3) is 0 Å². The van der Waals surface area contributed by atoms with Gasteiger partial charge in [0.05, 0.1) is 11.4 Å². The number of nitrogens with zero attached hydrogens (tertiary/aromatic N) is 2. The van der Waals surface area contributed by atoms with Gasteiger partial charge in [0.1, 0.15) is 11.6 Å². The van der Waals surface area contributed by atoms with E-state index in [-0.39, 0.29) is 0 Å². The van der Waals surface area contributed by atoms with Crippen molar-refractivity contribution in [2.24, 2.45) is 0 Å². The molecule has 2 aromatic rings. The fourth-order valence-electron chi connectivity index (χ4n) is 1.84. The average Bonchev–Trinajstić information content (AvgIpc) is 2.94. The summed E-state index contributed by atoms with van der Waals surface area (Å²) < 4.78 is 5.00. The Bertz CT molecular complexity index is 520. The zero-order chi connectivity index (χ0) is 13.7. The molecule has 2 heterocycles. The van der Waals surface area contributed by atoms with Gasteiger partial charge in [0.2, 0.25) is 0 Å². The Labute approximate surface area is 117 Å². The van der Waals surface area contributed by atoms with Crippen molar-refractivity contribution in [3.8, 4) is 0 Å². The Hall–Kier alpha value is -1.33. The zero-order valence-electron chi connectivity index (χ0n) is 11.3. The largest absolute Gasteiger partial charge is 0.361 e. The molecule has 0 fully saturated rings. The predicted molar refractivity (Wildman–Crippen MR) is 74.0 cm³/mol. The molecule has 0 unspecified atom stereocenters. The van der Waals surface area contributed by atoms with Gasteiger partial charge in [0, 0.05) is 25.6 Å². The molecule has 0 amide bonds. The van der Waals surface area contributed by atoms with Gasteiger partial charge in [0.15, 0.2) is 5.15 Å². The number of imidazole rings is 1. The molecule has 2 rings (SSSR count). The van der Waals surface area contributed by atoms with E-state index in [4.69, 9.17) is 16.1 Å². The van der Waals surface area contributed by atoms with E-state index >= 15 is 0 Å². The number of halogens is 1. The lowest BCUT2D eigenvalue weighted by Crippen LogP contribution is -2.13. The van der Waals surface area contributed by atoms with Crippen LogP contribution >= 0.6 is 11.6 Å². The van der Waals surface area contributed by atoms with E-state index in [0.29, 0.717) is 18.2 Å². The first-order valence-corrected chi connectivity index (χ1v) is 6.93. The summed E-state index contributed by atoms with van der Waals surface area (Å²) >= 11 is 6.09. The number of H-pyrrole nitrogens is 1. The first-order chi connectivity index (χ1) is 9.19. The second-order valence-corrected chi connectivity index (χ2v) is 4.95. The molecule has 2 aromatic heterocycles. The van der Waals surface area contributed by atoms with Crippen LogP contribution in [0.5, 0.6) is 0 Å². The van der Waals surface area contributed by atoms with Gasteiger partial charge in [-0.3, -0.25) is 0 Å². The van der Waals surface area contributed by atoms with Gasteiger partial charge in [-0.25, -0.2) is 4.98 Å². The van der Waals surface area contributed by atoms with Crippen LogP contribution in [0.15, 0.2) is 10.6 Å². The monoisotopic (exact) mass is 282 g/mol. The van der Waals surface area contributed by atoms with E-state index in [1.165, 1.54) is 0 Å². The van der Waals surface area contributed by atoms with Gasteiger partial charge >= 0.3 is 0 Å². The van der Waals surface area contributed by atoms with Crippen LogP contribution in [0.2, 0.25) is 5.15 Å². The number of hydrogen-bond acceptors (Lipinski definition) is 4. The molecule has 0 saturated carbocycles. The van der Waals surface area contributed by atoms with E-state index in [1.54, 1.807) is 0 Å². The van der Waals surface area contributed by atoms with Gasteiger partial charge in [-0.15, -0.1) is 0 Å². The molecule has 0 bridgehead atoms. The third kappa shape index (κ3) is 4.08.